The van der Waals surface area contributed by atoms with Crippen molar-refractivity contribution >= 4 is 23.5 Å². The molecule has 5 heterocycles. The molecular weight excluding hydrogens is 577 g/mol. The zero-order valence-electron chi connectivity index (χ0n) is 23.7. The Hall–Kier alpha value is -4.91. The maximum atomic E-state index is 15.0. The monoisotopic (exact) mass is 603 g/mol. The number of pyridine rings is 2. The quantitative estimate of drug-likeness (QED) is 0.261. The molecule has 14 heteroatoms. The van der Waals surface area contributed by atoms with Crippen LogP contribution in [-0.4, -0.2) is 51.4 Å². The van der Waals surface area contributed by atoms with E-state index in [2.05, 4.69) is 35.8 Å². The van der Waals surface area contributed by atoms with Crippen LogP contribution in [-0.2, 0) is 11.2 Å². The van der Waals surface area contributed by atoms with Crippen LogP contribution in [0.1, 0.15) is 45.1 Å². The van der Waals surface area contributed by atoms with Crippen molar-refractivity contribution in [2.75, 3.05) is 5.32 Å². The number of tetrazole rings is 1. The summed E-state index contributed by atoms with van der Waals surface area (Å²) in [5.41, 5.74) is 2.79. The number of fused-ring (bicyclic) bond motifs is 1. The summed E-state index contributed by atoms with van der Waals surface area (Å²) < 4.78 is 23.5. The third kappa shape index (κ3) is 5.63. The van der Waals surface area contributed by atoms with Crippen molar-refractivity contribution in [3.8, 4) is 28.2 Å². The van der Waals surface area contributed by atoms with E-state index in [1.165, 1.54) is 23.1 Å². The molecule has 0 unspecified atom stereocenters. The van der Waals surface area contributed by atoms with Crippen molar-refractivity contribution in [2.24, 2.45) is 5.92 Å². The zero-order chi connectivity index (χ0) is 30.5. The Balaban J connectivity index is 1.29. The standard InChI is InChI=1S/C29H27ClFN9O3/c1-15-9-18-10-16(20-12-17(30)5-7-22(20)39-14-33-37-38-39)11-24(41)40(18)25(15)21-13-32-27(34-21)19-6-8-23(35-26(19)31)36-28(42)43-29(2,3)4/h5-8,10-15,25H,9H2,1-4H3,(H,32,34)(H,35,36,42)/t15-,25-/m0/s1. The molecule has 12 nitrogen and oxygen atoms in total. The number of carbonyl (C=O) groups excluding carboxylic acids is 1. The number of rotatable bonds is 5. The molecule has 0 spiro atoms. The molecule has 220 valence electrons. The smallest absolute Gasteiger partial charge is 0.413 e. The number of halogens is 2. The summed E-state index contributed by atoms with van der Waals surface area (Å²) >= 11 is 6.32. The molecule has 0 bridgehead atoms. The van der Waals surface area contributed by atoms with E-state index in [4.69, 9.17) is 16.3 Å². The summed E-state index contributed by atoms with van der Waals surface area (Å²) in [6.07, 6.45) is 2.97. The average Bonchev–Trinajstić information content (AvgIpc) is 3.68. The van der Waals surface area contributed by atoms with Crippen LogP contribution in [0.4, 0.5) is 15.0 Å². The Morgan fingerprint density at radius 2 is 1.98 bits per heavy atom. The lowest BCUT2D eigenvalue weighted by Crippen LogP contribution is -2.27. The van der Waals surface area contributed by atoms with E-state index in [1.54, 1.807) is 55.8 Å². The van der Waals surface area contributed by atoms with Crippen LogP contribution >= 0.6 is 11.6 Å². The summed E-state index contributed by atoms with van der Waals surface area (Å²) in [5, 5.41) is 14.4. The van der Waals surface area contributed by atoms with Gasteiger partial charge in [-0.15, -0.1) is 5.10 Å². The van der Waals surface area contributed by atoms with Crippen LogP contribution in [0.5, 0.6) is 0 Å². The topological polar surface area (TPSA) is 146 Å². The number of amides is 1. The van der Waals surface area contributed by atoms with Crippen LogP contribution < -0.4 is 10.9 Å². The van der Waals surface area contributed by atoms with Crippen molar-refractivity contribution in [1.82, 2.24) is 39.7 Å². The number of hydrogen-bond acceptors (Lipinski definition) is 8. The van der Waals surface area contributed by atoms with Gasteiger partial charge in [-0.1, -0.05) is 18.5 Å². The Morgan fingerprint density at radius 1 is 1.16 bits per heavy atom. The highest BCUT2D eigenvalue weighted by Crippen LogP contribution is 2.38. The first-order valence-electron chi connectivity index (χ1n) is 13.5. The minimum Gasteiger partial charge on any atom is -0.444 e. The van der Waals surface area contributed by atoms with Gasteiger partial charge in [0.15, 0.2) is 0 Å². The maximum absolute atomic E-state index is 15.0. The lowest BCUT2D eigenvalue weighted by molar-refractivity contribution is 0.0635. The first-order valence-corrected chi connectivity index (χ1v) is 13.9. The number of benzene rings is 1. The predicted molar refractivity (Wildman–Crippen MR) is 157 cm³/mol. The van der Waals surface area contributed by atoms with Crippen molar-refractivity contribution in [2.45, 2.75) is 45.8 Å². The minimum absolute atomic E-state index is 0.00548. The molecule has 0 fully saturated rings. The van der Waals surface area contributed by atoms with Gasteiger partial charge < -0.3 is 14.3 Å². The van der Waals surface area contributed by atoms with Gasteiger partial charge in [0.05, 0.1) is 29.2 Å². The molecule has 6 rings (SSSR count). The summed E-state index contributed by atoms with van der Waals surface area (Å²) in [4.78, 5) is 37.0. The number of imidazole rings is 1. The van der Waals surface area contributed by atoms with E-state index < -0.39 is 17.6 Å². The number of ether oxygens (including phenoxy) is 1. The van der Waals surface area contributed by atoms with Gasteiger partial charge in [0.1, 0.15) is 23.6 Å². The molecule has 1 aromatic carbocycles. The molecule has 5 aromatic rings. The predicted octanol–water partition coefficient (Wildman–Crippen LogP) is 5.20. The number of nitrogens with zero attached hydrogens (tertiary/aromatic N) is 7. The molecule has 1 aliphatic rings. The second kappa shape index (κ2) is 10.7. The summed E-state index contributed by atoms with van der Waals surface area (Å²) in [6, 6.07) is 11.4. The van der Waals surface area contributed by atoms with Crippen molar-refractivity contribution in [3.05, 3.63) is 87.7 Å². The third-order valence-corrected chi connectivity index (χ3v) is 7.24. The molecule has 0 radical (unpaired) electrons. The van der Waals surface area contributed by atoms with E-state index in [-0.39, 0.29) is 34.7 Å². The number of aromatic amines is 1. The Morgan fingerprint density at radius 3 is 2.70 bits per heavy atom. The van der Waals surface area contributed by atoms with Crippen molar-refractivity contribution < 1.29 is 13.9 Å². The number of aromatic nitrogens is 8. The molecule has 43 heavy (non-hydrogen) atoms. The van der Waals surface area contributed by atoms with Gasteiger partial charge in [0.25, 0.3) is 5.56 Å². The minimum atomic E-state index is -0.823. The van der Waals surface area contributed by atoms with Gasteiger partial charge in [0.2, 0.25) is 5.95 Å². The van der Waals surface area contributed by atoms with Crippen LogP contribution in [0.2, 0.25) is 5.02 Å². The van der Waals surface area contributed by atoms with Crippen molar-refractivity contribution in [1.29, 1.82) is 0 Å². The van der Waals surface area contributed by atoms with E-state index in [9.17, 15) is 9.59 Å². The summed E-state index contributed by atoms with van der Waals surface area (Å²) in [6.45, 7) is 7.22. The largest absolute Gasteiger partial charge is 0.444 e. The second-order valence-electron chi connectivity index (χ2n) is 11.3. The van der Waals surface area contributed by atoms with Gasteiger partial charge in [-0.25, -0.2) is 14.8 Å². The molecule has 0 saturated heterocycles. The highest BCUT2D eigenvalue weighted by Gasteiger charge is 2.33. The SMILES string of the molecule is C[C@H]1Cc2cc(-c3cc(Cl)ccc3-n3cnnn3)cc(=O)n2[C@@H]1c1cnc(-c2ccc(NC(=O)OC(C)(C)C)nc2F)[nH]1. The normalized spacial score (nSPS) is 16.2. The Bertz CT molecular complexity index is 1900. The van der Waals surface area contributed by atoms with Gasteiger partial charge in [-0.2, -0.15) is 9.07 Å². The van der Waals surface area contributed by atoms with Crippen LogP contribution in [0, 0.1) is 11.9 Å². The number of nitrogens with one attached hydrogen (secondary N) is 2. The maximum Gasteiger partial charge on any atom is 0.413 e. The highest BCUT2D eigenvalue weighted by molar-refractivity contribution is 6.31. The van der Waals surface area contributed by atoms with Crippen LogP contribution in [0.15, 0.2) is 59.8 Å². The molecular formula is C29H27ClFN9O3. The number of hydrogen-bond donors (Lipinski definition) is 2. The fourth-order valence-electron chi connectivity index (χ4n) is 5.33. The summed E-state index contributed by atoms with van der Waals surface area (Å²) in [5.74, 6) is -0.529. The van der Waals surface area contributed by atoms with Crippen LogP contribution in [0.3, 0.4) is 0 Å². The average molecular weight is 604 g/mol. The zero-order valence-corrected chi connectivity index (χ0v) is 24.4. The first-order chi connectivity index (χ1) is 20.5. The van der Waals surface area contributed by atoms with Gasteiger partial charge in [-0.3, -0.25) is 10.1 Å². The molecule has 2 atom stereocenters. The van der Waals surface area contributed by atoms with E-state index in [1.807, 2.05) is 13.0 Å². The molecule has 0 saturated carbocycles. The van der Waals surface area contributed by atoms with Gasteiger partial charge in [0, 0.05) is 22.3 Å². The fraction of sp³-hybridized carbons (Fsp3) is 0.276. The van der Waals surface area contributed by atoms with E-state index in [0.717, 1.165) is 5.69 Å². The molecule has 1 amide bonds. The lowest BCUT2D eigenvalue weighted by atomic mass is 9.99. The first kappa shape index (κ1) is 28.2. The second-order valence-corrected chi connectivity index (χ2v) is 11.8. The van der Waals surface area contributed by atoms with Crippen LogP contribution in [0.25, 0.3) is 28.2 Å². The Labute approximate surface area is 249 Å². The Kier molecular flexibility index (Phi) is 7.04. The van der Waals surface area contributed by atoms with E-state index >= 15 is 4.39 Å². The number of carbonyl (C=O) groups is 1. The van der Waals surface area contributed by atoms with Gasteiger partial charge >= 0.3 is 6.09 Å². The third-order valence-electron chi connectivity index (χ3n) is 7.01. The number of H-pyrrole nitrogens is 1. The molecule has 0 aliphatic carbocycles. The molecule has 4 aromatic heterocycles. The number of anilines is 1. The molecule has 2 N–H and O–H groups in total. The lowest BCUT2D eigenvalue weighted by Gasteiger charge is -2.19. The highest BCUT2D eigenvalue weighted by atomic mass is 35.5. The fourth-order valence-corrected chi connectivity index (χ4v) is 5.50. The van der Waals surface area contributed by atoms with E-state index in [0.29, 0.717) is 34.0 Å². The van der Waals surface area contributed by atoms with Gasteiger partial charge in [-0.05, 0) is 85.5 Å². The van der Waals surface area contributed by atoms with Crippen molar-refractivity contribution in [3.63, 3.8) is 0 Å². The molecule has 1 aliphatic heterocycles. The summed E-state index contributed by atoms with van der Waals surface area (Å²) in [7, 11) is 0.